The van der Waals surface area contributed by atoms with Crippen LogP contribution in [0.4, 0.5) is 0 Å². The number of carbonyl (C=O) groups is 1. The second-order valence-electron chi connectivity index (χ2n) is 3.93. The van der Waals surface area contributed by atoms with Crippen molar-refractivity contribution in [1.82, 2.24) is 4.98 Å². The van der Waals surface area contributed by atoms with Crippen LogP contribution in [0, 0.1) is 5.92 Å². The van der Waals surface area contributed by atoms with Crippen LogP contribution in [0.25, 0.3) is 0 Å². The first-order valence-electron chi connectivity index (χ1n) is 5.32. The molecule has 1 unspecified atom stereocenters. The van der Waals surface area contributed by atoms with E-state index in [1.165, 1.54) is 0 Å². The fraction of sp³-hybridized carbons (Fsp3) is 0.500. The zero-order chi connectivity index (χ0) is 10.7. The van der Waals surface area contributed by atoms with Gasteiger partial charge in [0.05, 0.1) is 7.11 Å². The maximum absolute atomic E-state index is 11.5. The Morgan fingerprint density at radius 1 is 1.53 bits per heavy atom. The van der Waals surface area contributed by atoms with Crippen molar-refractivity contribution in [3.8, 4) is 5.88 Å². The van der Waals surface area contributed by atoms with Crippen LogP contribution in [0.15, 0.2) is 18.2 Å². The molecule has 1 aliphatic rings. The summed E-state index contributed by atoms with van der Waals surface area (Å²) in [6, 6.07) is 5.69. The monoisotopic (exact) mass is 205 g/mol. The molecule has 15 heavy (non-hydrogen) atoms. The molecule has 1 fully saturated rings. The molecule has 1 aromatic heterocycles. The molecule has 0 N–H and O–H groups in total. The smallest absolute Gasteiger partial charge is 0.213 e. The minimum absolute atomic E-state index is 0.185. The van der Waals surface area contributed by atoms with Gasteiger partial charge in [0.1, 0.15) is 5.78 Å². The van der Waals surface area contributed by atoms with Crippen molar-refractivity contribution in [2.75, 3.05) is 7.11 Å². The Balaban J connectivity index is 2.06. The van der Waals surface area contributed by atoms with Crippen LogP contribution in [0.3, 0.4) is 0 Å². The Bertz CT molecular complexity index is 362. The Kier molecular flexibility index (Phi) is 2.99. The van der Waals surface area contributed by atoms with E-state index >= 15 is 0 Å². The molecule has 80 valence electrons. The van der Waals surface area contributed by atoms with Crippen LogP contribution >= 0.6 is 0 Å². The summed E-state index contributed by atoms with van der Waals surface area (Å²) in [5.41, 5.74) is 0.953. The summed E-state index contributed by atoms with van der Waals surface area (Å²) < 4.78 is 5.05. The number of methoxy groups -OCH3 is 1. The predicted molar refractivity (Wildman–Crippen MR) is 56.8 cm³/mol. The lowest BCUT2D eigenvalue weighted by molar-refractivity contribution is -0.120. The quantitative estimate of drug-likeness (QED) is 0.757. The third-order valence-corrected chi connectivity index (χ3v) is 2.88. The molecule has 1 aromatic rings. The number of carbonyl (C=O) groups excluding carboxylic acids is 1. The molecule has 0 amide bonds. The maximum Gasteiger partial charge on any atom is 0.213 e. The Labute approximate surface area is 89.5 Å². The molecule has 0 spiro atoms. The highest BCUT2D eigenvalue weighted by atomic mass is 16.5. The Hall–Kier alpha value is -1.38. The molecule has 0 bridgehead atoms. The zero-order valence-corrected chi connectivity index (χ0v) is 8.90. The highest BCUT2D eigenvalue weighted by Crippen LogP contribution is 2.24. The van der Waals surface area contributed by atoms with Crippen LogP contribution in [0.5, 0.6) is 5.88 Å². The van der Waals surface area contributed by atoms with Gasteiger partial charge in [-0.25, -0.2) is 4.98 Å². The Morgan fingerprint density at radius 2 is 2.40 bits per heavy atom. The predicted octanol–water partition coefficient (Wildman–Crippen LogP) is 2.00. The van der Waals surface area contributed by atoms with Crippen molar-refractivity contribution < 1.29 is 9.53 Å². The SMILES string of the molecule is COc1cccc(CC2CCCC2=O)n1. The number of hydrogen-bond donors (Lipinski definition) is 0. The van der Waals surface area contributed by atoms with E-state index in [4.69, 9.17) is 4.74 Å². The van der Waals surface area contributed by atoms with E-state index in [0.29, 0.717) is 11.7 Å². The average Bonchev–Trinajstić information content (AvgIpc) is 2.65. The summed E-state index contributed by atoms with van der Waals surface area (Å²) in [5, 5.41) is 0. The maximum atomic E-state index is 11.5. The van der Waals surface area contributed by atoms with Gasteiger partial charge in [-0.2, -0.15) is 0 Å². The van der Waals surface area contributed by atoms with E-state index in [2.05, 4.69) is 4.98 Å². The first kappa shape index (κ1) is 10.1. The van der Waals surface area contributed by atoms with E-state index < -0.39 is 0 Å². The van der Waals surface area contributed by atoms with E-state index in [1.807, 2.05) is 18.2 Å². The molecule has 0 aromatic carbocycles. The van der Waals surface area contributed by atoms with E-state index in [-0.39, 0.29) is 5.92 Å². The van der Waals surface area contributed by atoms with Gasteiger partial charge < -0.3 is 4.74 Å². The number of rotatable bonds is 3. The number of aromatic nitrogens is 1. The van der Waals surface area contributed by atoms with E-state index in [1.54, 1.807) is 7.11 Å². The number of Topliss-reactive ketones (excluding diaryl/α,β-unsaturated/α-hetero) is 1. The van der Waals surface area contributed by atoms with Gasteiger partial charge in [-0.05, 0) is 25.3 Å². The minimum Gasteiger partial charge on any atom is -0.481 e. The van der Waals surface area contributed by atoms with Gasteiger partial charge in [0.2, 0.25) is 5.88 Å². The minimum atomic E-state index is 0.185. The van der Waals surface area contributed by atoms with Crippen molar-refractivity contribution in [3.63, 3.8) is 0 Å². The van der Waals surface area contributed by atoms with Crippen LogP contribution in [0.1, 0.15) is 25.0 Å². The largest absolute Gasteiger partial charge is 0.481 e. The van der Waals surface area contributed by atoms with Gasteiger partial charge in [-0.15, -0.1) is 0 Å². The average molecular weight is 205 g/mol. The van der Waals surface area contributed by atoms with Crippen LogP contribution in [-0.4, -0.2) is 17.9 Å². The van der Waals surface area contributed by atoms with Crippen LogP contribution in [0.2, 0.25) is 0 Å². The summed E-state index contributed by atoms with van der Waals surface area (Å²) in [6.07, 6.45) is 3.55. The summed E-state index contributed by atoms with van der Waals surface area (Å²) >= 11 is 0. The van der Waals surface area contributed by atoms with E-state index in [9.17, 15) is 4.79 Å². The molecule has 1 atom stereocenters. The van der Waals surface area contributed by atoms with Gasteiger partial charge >= 0.3 is 0 Å². The zero-order valence-electron chi connectivity index (χ0n) is 8.90. The molecular weight excluding hydrogens is 190 g/mol. The lowest BCUT2D eigenvalue weighted by Crippen LogP contribution is -2.10. The second-order valence-corrected chi connectivity index (χ2v) is 3.93. The van der Waals surface area contributed by atoms with Gasteiger partial charge in [0.15, 0.2) is 0 Å². The van der Waals surface area contributed by atoms with Crippen molar-refractivity contribution in [3.05, 3.63) is 23.9 Å². The van der Waals surface area contributed by atoms with Crippen LogP contribution in [-0.2, 0) is 11.2 Å². The van der Waals surface area contributed by atoms with Gasteiger partial charge in [-0.3, -0.25) is 4.79 Å². The topological polar surface area (TPSA) is 39.2 Å². The van der Waals surface area contributed by atoms with Crippen molar-refractivity contribution in [2.24, 2.45) is 5.92 Å². The number of hydrogen-bond acceptors (Lipinski definition) is 3. The summed E-state index contributed by atoms with van der Waals surface area (Å²) in [5.74, 6) is 1.20. The van der Waals surface area contributed by atoms with Crippen molar-refractivity contribution >= 4 is 5.78 Å². The lowest BCUT2D eigenvalue weighted by Gasteiger charge is -2.07. The second kappa shape index (κ2) is 4.43. The third kappa shape index (κ3) is 2.35. The summed E-state index contributed by atoms with van der Waals surface area (Å²) in [6.45, 7) is 0. The Morgan fingerprint density at radius 3 is 3.07 bits per heavy atom. The number of ketones is 1. The molecule has 0 aliphatic heterocycles. The third-order valence-electron chi connectivity index (χ3n) is 2.88. The summed E-state index contributed by atoms with van der Waals surface area (Å²) in [4.78, 5) is 15.8. The van der Waals surface area contributed by atoms with Crippen molar-refractivity contribution in [2.45, 2.75) is 25.7 Å². The van der Waals surface area contributed by atoms with Gasteiger partial charge in [-0.1, -0.05) is 6.07 Å². The molecule has 2 rings (SSSR count). The molecule has 1 saturated carbocycles. The van der Waals surface area contributed by atoms with Crippen LogP contribution < -0.4 is 4.74 Å². The molecule has 0 radical (unpaired) electrons. The molecule has 1 aliphatic carbocycles. The fourth-order valence-electron chi connectivity index (χ4n) is 2.04. The lowest BCUT2D eigenvalue weighted by atomic mass is 10.0. The number of ether oxygens (including phenoxy) is 1. The molecule has 0 saturated heterocycles. The fourth-order valence-corrected chi connectivity index (χ4v) is 2.04. The first-order chi connectivity index (χ1) is 7.29. The first-order valence-corrected chi connectivity index (χ1v) is 5.32. The number of pyridine rings is 1. The molecule has 3 nitrogen and oxygen atoms in total. The highest BCUT2D eigenvalue weighted by Gasteiger charge is 2.24. The van der Waals surface area contributed by atoms with E-state index in [0.717, 1.165) is 31.4 Å². The highest BCUT2D eigenvalue weighted by molar-refractivity contribution is 5.83. The standard InChI is InChI=1S/C12H15NO2/c1-15-12-7-3-5-10(13-12)8-9-4-2-6-11(9)14/h3,5,7,9H,2,4,6,8H2,1H3. The molecular formula is C12H15NO2. The van der Waals surface area contributed by atoms with Gasteiger partial charge in [0, 0.05) is 24.1 Å². The molecule has 1 heterocycles. The molecule has 3 heteroatoms. The van der Waals surface area contributed by atoms with Gasteiger partial charge in [0.25, 0.3) is 0 Å². The summed E-state index contributed by atoms with van der Waals surface area (Å²) in [7, 11) is 1.60. The number of nitrogens with zero attached hydrogens (tertiary/aromatic N) is 1. The normalized spacial score (nSPS) is 20.6. The van der Waals surface area contributed by atoms with Crippen molar-refractivity contribution in [1.29, 1.82) is 0 Å².